The first kappa shape index (κ1) is 18.4. The summed E-state index contributed by atoms with van der Waals surface area (Å²) in [6.07, 6.45) is 3.28. The predicted molar refractivity (Wildman–Crippen MR) is 96.0 cm³/mol. The molecule has 1 N–H and O–H groups in total. The number of benzene rings is 1. The van der Waals surface area contributed by atoms with Crippen molar-refractivity contribution in [2.45, 2.75) is 37.8 Å². The molecule has 26 heavy (non-hydrogen) atoms. The Morgan fingerprint density at radius 2 is 1.77 bits per heavy atom. The minimum absolute atomic E-state index is 0.172. The Hall–Kier alpha value is -2.35. The van der Waals surface area contributed by atoms with E-state index in [0.717, 1.165) is 31.0 Å². The summed E-state index contributed by atoms with van der Waals surface area (Å²) in [5, 5.41) is 2.72. The molecule has 3 amide bonds. The van der Waals surface area contributed by atoms with E-state index >= 15 is 0 Å². The summed E-state index contributed by atoms with van der Waals surface area (Å²) in [4.78, 5) is 49.4. The Morgan fingerprint density at radius 3 is 2.38 bits per heavy atom. The standard InChI is InChI=1S/C18H20N2O5S/c1-25-17(23)12-8-6-11(7-9-12)16(22)19-13-4-2-3-5-14(13)20-15(21)10-26-18(20)24/h6-9,13-14H,2-5,10H2,1H3,(H,19,22)/t13-,14+/m1/s1. The van der Waals surface area contributed by atoms with E-state index < -0.39 is 5.97 Å². The van der Waals surface area contributed by atoms with Crippen molar-refractivity contribution >= 4 is 34.8 Å². The molecule has 1 aromatic rings. The second-order valence-electron chi connectivity index (χ2n) is 6.32. The highest BCUT2D eigenvalue weighted by Crippen LogP contribution is 2.30. The molecule has 3 rings (SSSR count). The van der Waals surface area contributed by atoms with Gasteiger partial charge in [0.05, 0.1) is 30.5 Å². The normalized spacial score (nSPS) is 23.0. The van der Waals surface area contributed by atoms with Crippen LogP contribution >= 0.6 is 11.8 Å². The van der Waals surface area contributed by atoms with Crippen molar-refractivity contribution in [3.05, 3.63) is 35.4 Å². The number of carbonyl (C=O) groups is 4. The van der Waals surface area contributed by atoms with Crippen LogP contribution in [0.15, 0.2) is 24.3 Å². The van der Waals surface area contributed by atoms with E-state index in [4.69, 9.17) is 0 Å². The minimum Gasteiger partial charge on any atom is -0.465 e. The Bertz CT molecular complexity index is 718. The topological polar surface area (TPSA) is 92.8 Å². The van der Waals surface area contributed by atoms with Crippen LogP contribution in [0, 0.1) is 0 Å². The minimum atomic E-state index is -0.465. The number of carbonyl (C=O) groups excluding carboxylic acids is 4. The summed E-state index contributed by atoms with van der Waals surface area (Å²) in [6, 6.07) is 5.62. The number of methoxy groups -OCH3 is 1. The van der Waals surface area contributed by atoms with Gasteiger partial charge in [-0.15, -0.1) is 0 Å². The number of nitrogens with one attached hydrogen (secondary N) is 1. The molecule has 138 valence electrons. The first-order valence-corrected chi connectivity index (χ1v) is 9.48. The highest BCUT2D eigenvalue weighted by molar-refractivity contribution is 8.14. The smallest absolute Gasteiger partial charge is 0.337 e. The zero-order valence-electron chi connectivity index (χ0n) is 14.4. The van der Waals surface area contributed by atoms with Gasteiger partial charge in [0.1, 0.15) is 0 Å². The van der Waals surface area contributed by atoms with Gasteiger partial charge in [-0.1, -0.05) is 24.6 Å². The SMILES string of the molecule is COC(=O)c1ccc(C(=O)N[C@@H]2CCCC[C@@H]2N2C(=O)CSC2=O)cc1. The maximum atomic E-state index is 12.6. The Balaban J connectivity index is 1.71. The molecule has 1 aromatic carbocycles. The van der Waals surface area contributed by atoms with E-state index in [1.807, 2.05) is 0 Å². The number of hydrogen-bond acceptors (Lipinski definition) is 6. The van der Waals surface area contributed by atoms with Crippen LogP contribution in [0.25, 0.3) is 0 Å². The molecule has 2 aliphatic rings. The summed E-state index contributed by atoms with van der Waals surface area (Å²) in [5.41, 5.74) is 0.778. The van der Waals surface area contributed by atoms with Crippen LogP contribution in [0.3, 0.4) is 0 Å². The van der Waals surface area contributed by atoms with Gasteiger partial charge in [0, 0.05) is 5.56 Å². The van der Waals surface area contributed by atoms with Gasteiger partial charge in [-0.05, 0) is 37.1 Å². The Morgan fingerprint density at radius 1 is 1.12 bits per heavy atom. The number of nitrogens with zero attached hydrogens (tertiary/aromatic N) is 1. The van der Waals surface area contributed by atoms with Crippen molar-refractivity contribution in [3.8, 4) is 0 Å². The number of esters is 1. The third-order valence-electron chi connectivity index (χ3n) is 4.73. The van der Waals surface area contributed by atoms with Gasteiger partial charge < -0.3 is 10.1 Å². The third-order valence-corrected chi connectivity index (χ3v) is 5.57. The van der Waals surface area contributed by atoms with Crippen molar-refractivity contribution in [1.29, 1.82) is 0 Å². The summed E-state index contributed by atoms with van der Waals surface area (Å²) < 4.78 is 4.64. The fourth-order valence-electron chi connectivity index (χ4n) is 3.40. The van der Waals surface area contributed by atoms with E-state index in [1.54, 1.807) is 12.1 Å². The number of thioether (sulfide) groups is 1. The summed E-state index contributed by atoms with van der Waals surface area (Å²) in [5.74, 6) is -0.767. The molecule has 1 heterocycles. The molecule has 1 aliphatic carbocycles. The van der Waals surface area contributed by atoms with Crippen molar-refractivity contribution in [2.24, 2.45) is 0 Å². The largest absolute Gasteiger partial charge is 0.465 e. The lowest BCUT2D eigenvalue weighted by molar-refractivity contribution is -0.127. The molecule has 0 unspecified atom stereocenters. The molecule has 0 radical (unpaired) electrons. The highest BCUT2D eigenvalue weighted by atomic mass is 32.2. The summed E-state index contributed by atoms with van der Waals surface area (Å²) >= 11 is 1.01. The molecular formula is C18H20N2O5S. The molecule has 8 heteroatoms. The molecule has 1 saturated heterocycles. The lowest BCUT2D eigenvalue weighted by Crippen LogP contribution is -2.54. The van der Waals surface area contributed by atoms with Crippen LogP contribution in [0.1, 0.15) is 46.4 Å². The predicted octanol–water partition coefficient (Wildman–Crippen LogP) is 2.21. The zero-order chi connectivity index (χ0) is 18.7. The van der Waals surface area contributed by atoms with Crippen LogP contribution in [0.2, 0.25) is 0 Å². The van der Waals surface area contributed by atoms with Crippen molar-refractivity contribution < 1.29 is 23.9 Å². The van der Waals surface area contributed by atoms with Crippen LogP contribution in [0.5, 0.6) is 0 Å². The maximum Gasteiger partial charge on any atom is 0.337 e. The van der Waals surface area contributed by atoms with Gasteiger partial charge >= 0.3 is 5.97 Å². The first-order valence-electron chi connectivity index (χ1n) is 8.49. The average molecular weight is 376 g/mol. The van der Waals surface area contributed by atoms with Crippen LogP contribution in [-0.4, -0.2) is 52.9 Å². The molecule has 7 nitrogen and oxygen atoms in total. The van der Waals surface area contributed by atoms with Crippen molar-refractivity contribution in [1.82, 2.24) is 10.2 Å². The number of rotatable bonds is 4. The molecule has 0 bridgehead atoms. The van der Waals surface area contributed by atoms with Crippen molar-refractivity contribution in [2.75, 3.05) is 12.9 Å². The molecule has 1 aliphatic heterocycles. The van der Waals surface area contributed by atoms with Gasteiger partial charge in [0.25, 0.3) is 11.1 Å². The molecule has 2 atom stereocenters. The Kier molecular flexibility index (Phi) is 5.61. The second kappa shape index (κ2) is 7.90. The fourth-order valence-corrected chi connectivity index (χ4v) is 4.16. The fraction of sp³-hybridized carbons (Fsp3) is 0.444. The molecule has 1 saturated carbocycles. The van der Waals surface area contributed by atoms with Gasteiger partial charge in [0.15, 0.2) is 0 Å². The van der Waals surface area contributed by atoms with E-state index in [2.05, 4.69) is 10.1 Å². The van der Waals surface area contributed by atoms with Gasteiger partial charge in [-0.3, -0.25) is 19.3 Å². The van der Waals surface area contributed by atoms with E-state index in [1.165, 1.54) is 24.1 Å². The molecule has 2 fully saturated rings. The summed E-state index contributed by atoms with van der Waals surface area (Å²) in [6.45, 7) is 0. The highest BCUT2D eigenvalue weighted by Gasteiger charge is 2.41. The van der Waals surface area contributed by atoms with Crippen LogP contribution in [0.4, 0.5) is 4.79 Å². The lowest BCUT2D eigenvalue weighted by Gasteiger charge is -2.36. The Labute approximate surface area is 155 Å². The number of amides is 3. The number of hydrogen-bond donors (Lipinski definition) is 1. The maximum absolute atomic E-state index is 12.6. The number of imide groups is 1. The van der Waals surface area contributed by atoms with E-state index in [0.29, 0.717) is 17.5 Å². The van der Waals surface area contributed by atoms with Gasteiger partial charge in [0.2, 0.25) is 5.91 Å². The average Bonchev–Trinajstić information content (AvgIpc) is 3.00. The van der Waals surface area contributed by atoms with Crippen LogP contribution in [-0.2, 0) is 9.53 Å². The first-order chi connectivity index (χ1) is 12.5. The monoisotopic (exact) mass is 376 g/mol. The molecule has 0 aromatic heterocycles. The molecular weight excluding hydrogens is 356 g/mol. The van der Waals surface area contributed by atoms with Crippen molar-refractivity contribution in [3.63, 3.8) is 0 Å². The van der Waals surface area contributed by atoms with Gasteiger partial charge in [-0.2, -0.15) is 0 Å². The van der Waals surface area contributed by atoms with E-state index in [9.17, 15) is 19.2 Å². The molecule has 0 spiro atoms. The lowest BCUT2D eigenvalue weighted by atomic mass is 9.89. The van der Waals surface area contributed by atoms with E-state index in [-0.39, 0.29) is 34.9 Å². The second-order valence-corrected chi connectivity index (χ2v) is 7.25. The van der Waals surface area contributed by atoms with Gasteiger partial charge in [-0.25, -0.2) is 4.79 Å². The summed E-state index contributed by atoms with van der Waals surface area (Å²) in [7, 11) is 1.30. The van der Waals surface area contributed by atoms with Crippen LogP contribution < -0.4 is 5.32 Å². The third kappa shape index (κ3) is 3.75. The quantitative estimate of drug-likeness (QED) is 0.810. The number of ether oxygens (including phenoxy) is 1. The zero-order valence-corrected chi connectivity index (χ0v) is 15.2.